The Hall–Kier alpha value is -1.87. The van der Waals surface area contributed by atoms with Crippen molar-refractivity contribution in [2.45, 2.75) is 30.7 Å². The van der Waals surface area contributed by atoms with Gasteiger partial charge in [0.2, 0.25) is 15.9 Å². The number of aryl methyl sites for hydroxylation is 1. The minimum atomic E-state index is -4.19. The molecule has 1 fully saturated rings. The predicted octanol–water partition coefficient (Wildman–Crippen LogP) is 2.18. The first kappa shape index (κ1) is 15.0. The Kier molecular flexibility index (Phi) is 3.69. The molecule has 1 atom stereocenters. The number of halogens is 2. The SMILES string of the molecule is Cc1noc(C2CCCN2S(=O)(=O)c2cc(F)ccc2F)n1. The van der Waals surface area contributed by atoms with E-state index in [1.807, 2.05) is 0 Å². The van der Waals surface area contributed by atoms with E-state index in [2.05, 4.69) is 10.1 Å². The van der Waals surface area contributed by atoms with E-state index in [-0.39, 0.29) is 12.4 Å². The van der Waals surface area contributed by atoms with Crippen LogP contribution < -0.4 is 0 Å². The topological polar surface area (TPSA) is 76.3 Å². The van der Waals surface area contributed by atoms with Crippen LogP contribution in [0.15, 0.2) is 27.6 Å². The zero-order chi connectivity index (χ0) is 15.9. The molecule has 6 nitrogen and oxygen atoms in total. The predicted molar refractivity (Wildman–Crippen MR) is 71.3 cm³/mol. The molecule has 1 unspecified atom stereocenters. The van der Waals surface area contributed by atoms with Crippen molar-refractivity contribution in [1.29, 1.82) is 0 Å². The maximum atomic E-state index is 13.8. The van der Waals surface area contributed by atoms with Crippen LogP contribution in [0.5, 0.6) is 0 Å². The molecule has 0 bridgehead atoms. The third kappa shape index (κ3) is 2.50. The van der Waals surface area contributed by atoms with E-state index < -0.39 is 32.6 Å². The standard InChI is InChI=1S/C13H13F2N3O3S/c1-8-16-13(21-17-8)11-3-2-6-18(11)22(19,20)12-7-9(14)4-5-10(12)15/h4-5,7,11H,2-3,6H2,1H3. The molecular weight excluding hydrogens is 316 g/mol. The normalized spacial score (nSPS) is 19.7. The van der Waals surface area contributed by atoms with Gasteiger partial charge in [0, 0.05) is 6.54 Å². The van der Waals surface area contributed by atoms with Crippen molar-refractivity contribution in [2.75, 3.05) is 6.54 Å². The fourth-order valence-corrected chi connectivity index (χ4v) is 4.25. The average Bonchev–Trinajstić information content (AvgIpc) is 3.09. The van der Waals surface area contributed by atoms with E-state index in [1.165, 1.54) is 0 Å². The fraction of sp³-hybridized carbons (Fsp3) is 0.385. The Morgan fingerprint density at radius 1 is 1.36 bits per heavy atom. The molecular formula is C13H13F2N3O3S. The lowest BCUT2D eigenvalue weighted by atomic mass is 10.2. The van der Waals surface area contributed by atoms with Crippen molar-refractivity contribution >= 4 is 10.0 Å². The molecule has 22 heavy (non-hydrogen) atoms. The van der Waals surface area contributed by atoms with Crippen LogP contribution >= 0.6 is 0 Å². The molecule has 0 saturated carbocycles. The lowest BCUT2D eigenvalue weighted by Crippen LogP contribution is -2.31. The fourth-order valence-electron chi connectivity index (χ4n) is 2.52. The number of nitrogens with zero attached hydrogens (tertiary/aromatic N) is 3. The highest BCUT2D eigenvalue weighted by molar-refractivity contribution is 7.89. The molecule has 1 aromatic carbocycles. The zero-order valence-electron chi connectivity index (χ0n) is 11.7. The highest BCUT2D eigenvalue weighted by Gasteiger charge is 2.40. The van der Waals surface area contributed by atoms with Gasteiger partial charge in [0.15, 0.2) is 5.82 Å². The molecule has 0 spiro atoms. The van der Waals surface area contributed by atoms with Gasteiger partial charge in [-0.05, 0) is 38.0 Å². The number of aromatic nitrogens is 2. The Morgan fingerprint density at radius 2 is 2.14 bits per heavy atom. The van der Waals surface area contributed by atoms with Crippen molar-refractivity contribution in [3.8, 4) is 0 Å². The highest BCUT2D eigenvalue weighted by atomic mass is 32.2. The Labute approximate surface area is 125 Å². The second-order valence-electron chi connectivity index (χ2n) is 5.03. The van der Waals surface area contributed by atoms with Crippen LogP contribution in [0.2, 0.25) is 0 Å². The summed E-state index contributed by atoms with van der Waals surface area (Å²) in [6, 6.07) is 1.69. The van der Waals surface area contributed by atoms with Crippen molar-refractivity contribution in [2.24, 2.45) is 0 Å². The molecule has 2 heterocycles. The third-order valence-electron chi connectivity index (χ3n) is 3.51. The lowest BCUT2D eigenvalue weighted by molar-refractivity contribution is 0.289. The second kappa shape index (κ2) is 5.40. The lowest BCUT2D eigenvalue weighted by Gasteiger charge is -2.21. The number of benzene rings is 1. The van der Waals surface area contributed by atoms with E-state index in [4.69, 9.17) is 4.52 Å². The summed E-state index contributed by atoms with van der Waals surface area (Å²) in [5, 5.41) is 3.64. The van der Waals surface area contributed by atoms with Gasteiger partial charge in [-0.1, -0.05) is 5.16 Å². The van der Waals surface area contributed by atoms with Crippen LogP contribution in [-0.4, -0.2) is 29.4 Å². The summed E-state index contributed by atoms with van der Waals surface area (Å²) in [7, 11) is -4.19. The van der Waals surface area contributed by atoms with Crippen LogP contribution in [0.4, 0.5) is 8.78 Å². The van der Waals surface area contributed by atoms with Gasteiger partial charge in [0.25, 0.3) is 0 Å². The first-order valence-electron chi connectivity index (χ1n) is 6.66. The summed E-state index contributed by atoms with van der Waals surface area (Å²) < 4.78 is 58.5. The third-order valence-corrected chi connectivity index (χ3v) is 5.44. The Morgan fingerprint density at radius 3 is 2.82 bits per heavy atom. The van der Waals surface area contributed by atoms with Gasteiger partial charge < -0.3 is 4.52 Å². The van der Waals surface area contributed by atoms with Crippen LogP contribution in [-0.2, 0) is 10.0 Å². The Bertz CT molecular complexity index is 807. The maximum absolute atomic E-state index is 13.8. The second-order valence-corrected chi connectivity index (χ2v) is 6.89. The maximum Gasteiger partial charge on any atom is 0.246 e. The molecule has 2 aromatic rings. The molecule has 1 aliphatic heterocycles. The van der Waals surface area contributed by atoms with Crippen LogP contribution in [0.3, 0.4) is 0 Å². The van der Waals surface area contributed by atoms with Gasteiger partial charge in [-0.3, -0.25) is 0 Å². The van der Waals surface area contributed by atoms with Crippen molar-refractivity contribution in [3.63, 3.8) is 0 Å². The number of hydrogen-bond donors (Lipinski definition) is 0. The zero-order valence-corrected chi connectivity index (χ0v) is 12.5. The smallest absolute Gasteiger partial charge is 0.246 e. The summed E-state index contributed by atoms with van der Waals surface area (Å²) in [5.74, 6) is -1.26. The van der Waals surface area contributed by atoms with E-state index in [1.54, 1.807) is 6.92 Å². The van der Waals surface area contributed by atoms with E-state index >= 15 is 0 Å². The number of hydrogen-bond acceptors (Lipinski definition) is 5. The van der Waals surface area contributed by atoms with Gasteiger partial charge in [-0.15, -0.1) is 0 Å². The number of sulfonamides is 1. The minimum Gasteiger partial charge on any atom is -0.338 e. The van der Waals surface area contributed by atoms with Crippen molar-refractivity contribution in [1.82, 2.24) is 14.4 Å². The van der Waals surface area contributed by atoms with Crippen LogP contribution in [0, 0.1) is 18.6 Å². The van der Waals surface area contributed by atoms with Crippen molar-refractivity contribution in [3.05, 3.63) is 41.5 Å². The number of rotatable bonds is 3. The van der Waals surface area contributed by atoms with E-state index in [0.29, 0.717) is 24.7 Å². The van der Waals surface area contributed by atoms with Gasteiger partial charge >= 0.3 is 0 Å². The molecule has 0 aliphatic carbocycles. The largest absolute Gasteiger partial charge is 0.338 e. The molecule has 1 saturated heterocycles. The van der Waals surface area contributed by atoms with E-state index in [0.717, 1.165) is 16.4 Å². The molecule has 0 radical (unpaired) electrons. The summed E-state index contributed by atoms with van der Waals surface area (Å²) in [4.78, 5) is 3.35. The molecule has 0 amide bonds. The van der Waals surface area contributed by atoms with Crippen LogP contribution in [0.25, 0.3) is 0 Å². The van der Waals surface area contributed by atoms with Gasteiger partial charge in [0.1, 0.15) is 22.6 Å². The monoisotopic (exact) mass is 329 g/mol. The van der Waals surface area contributed by atoms with Gasteiger partial charge in [0.05, 0.1) is 0 Å². The molecule has 0 N–H and O–H groups in total. The minimum absolute atomic E-state index is 0.162. The van der Waals surface area contributed by atoms with Gasteiger partial charge in [-0.2, -0.15) is 9.29 Å². The Balaban J connectivity index is 2.02. The quantitative estimate of drug-likeness (QED) is 0.863. The highest BCUT2D eigenvalue weighted by Crippen LogP contribution is 2.36. The molecule has 9 heteroatoms. The van der Waals surface area contributed by atoms with E-state index in [9.17, 15) is 17.2 Å². The molecule has 1 aromatic heterocycles. The molecule has 1 aliphatic rings. The van der Waals surface area contributed by atoms with Crippen molar-refractivity contribution < 1.29 is 21.7 Å². The van der Waals surface area contributed by atoms with Gasteiger partial charge in [-0.25, -0.2) is 17.2 Å². The summed E-state index contributed by atoms with van der Waals surface area (Å²) in [6.45, 7) is 1.80. The summed E-state index contributed by atoms with van der Waals surface area (Å²) in [5.41, 5.74) is 0. The van der Waals surface area contributed by atoms with Crippen LogP contribution in [0.1, 0.15) is 30.6 Å². The molecule has 3 rings (SSSR count). The average molecular weight is 329 g/mol. The first-order chi connectivity index (χ1) is 10.4. The summed E-state index contributed by atoms with van der Waals surface area (Å²) >= 11 is 0. The molecule has 118 valence electrons. The summed E-state index contributed by atoms with van der Waals surface area (Å²) in [6.07, 6.45) is 1.06. The first-order valence-corrected chi connectivity index (χ1v) is 8.10.